The highest BCUT2D eigenvalue weighted by atomic mass is 16.6. The van der Waals surface area contributed by atoms with Crippen molar-refractivity contribution in [3.8, 4) is 11.3 Å². The number of aliphatic hydroxyl groups is 1. The maximum absolute atomic E-state index is 12.0. The number of carbonyl (C=O) groups is 1. The third-order valence-electron chi connectivity index (χ3n) is 5.07. The molecule has 0 aliphatic carbocycles. The van der Waals surface area contributed by atoms with Crippen molar-refractivity contribution in [3.63, 3.8) is 0 Å². The molecule has 2 aliphatic rings. The van der Waals surface area contributed by atoms with E-state index in [1.807, 2.05) is 39.1 Å². The number of benzene rings is 1. The van der Waals surface area contributed by atoms with E-state index >= 15 is 0 Å². The molecule has 0 spiro atoms. The third kappa shape index (κ3) is 2.98. The lowest BCUT2D eigenvalue weighted by atomic mass is 9.88. The number of hydrogen-bond donors (Lipinski definition) is 1. The Morgan fingerprint density at radius 3 is 2.81 bits per heavy atom. The number of aromatic nitrogens is 2. The molecule has 4 rings (SSSR count). The Balaban J connectivity index is 1.40. The number of rotatable bonds is 3. The molecule has 3 heterocycles. The van der Waals surface area contributed by atoms with Crippen LogP contribution >= 0.6 is 0 Å². The first kappa shape index (κ1) is 17.1. The minimum atomic E-state index is -0.516. The molecule has 6 nitrogen and oxygen atoms in total. The zero-order chi connectivity index (χ0) is 18.5. The Morgan fingerprint density at radius 2 is 2.08 bits per heavy atom. The highest BCUT2D eigenvalue weighted by Crippen LogP contribution is 2.42. The highest BCUT2D eigenvalue weighted by Gasteiger charge is 2.39. The molecule has 0 saturated carbocycles. The molecular weight excluding hydrogens is 330 g/mol. The summed E-state index contributed by atoms with van der Waals surface area (Å²) in [6.45, 7) is 6.87. The summed E-state index contributed by atoms with van der Waals surface area (Å²) in [5.74, 6) is 0.289. The van der Waals surface area contributed by atoms with Crippen LogP contribution in [0.25, 0.3) is 11.3 Å². The minimum Gasteiger partial charge on any atom is -0.444 e. The van der Waals surface area contributed by atoms with Crippen molar-refractivity contribution < 1.29 is 14.6 Å². The number of imidazole rings is 1. The van der Waals surface area contributed by atoms with E-state index in [1.54, 1.807) is 11.2 Å². The molecule has 1 aromatic carbocycles. The Hall–Kier alpha value is -2.34. The topological polar surface area (TPSA) is 67.6 Å². The van der Waals surface area contributed by atoms with Gasteiger partial charge in [-0.2, -0.15) is 0 Å². The van der Waals surface area contributed by atoms with Crippen molar-refractivity contribution in [2.75, 3.05) is 13.1 Å². The molecular formula is C20H25N3O3. The van der Waals surface area contributed by atoms with Gasteiger partial charge in [0.15, 0.2) is 0 Å². The van der Waals surface area contributed by atoms with Gasteiger partial charge in [-0.05, 0) is 38.7 Å². The van der Waals surface area contributed by atoms with Crippen LogP contribution in [-0.4, -0.2) is 50.4 Å². The van der Waals surface area contributed by atoms with Crippen molar-refractivity contribution in [2.45, 2.75) is 44.9 Å². The lowest BCUT2D eigenvalue weighted by Crippen LogP contribution is -2.52. The molecule has 0 radical (unpaired) electrons. The lowest BCUT2D eigenvalue weighted by Gasteiger charge is -2.41. The molecule has 138 valence electrons. The SMILES string of the molecule is CC(C)(C)OC(=O)N1CC(CC(O)C2c3ccccc3-c3cncn32)C1. The van der Waals surface area contributed by atoms with Crippen LogP contribution in [-0.2, 0) is 4.74 Å². The first-order valence-corrected chi connectivity index (χ1v) is 9.10. The number of likely N-dealkylation sites (tertiary alicyclic amines) is 1. The summed E-state index contributed by atoms with van der Waals surface area (Å²) in [4.78, 5) is 18.0. The molecule has 26 heavy (non-hydrogen) atoms. The highest BCUT2D eigenvalue weighted by molar-refractivity contribution is 5.70. The van der Waals surface area contributed by atoms with Crippen LogP contribution in [0.4, 0.5) is 4.79 Å². The summed E-state index contributed by atoms with van der Waals surface area (Å²) >= 11 is 0. The van der Waals surface area contributed by atoms with E-state index < -0.39 is 11.7 Å². The molecule has 1 aromatic heterocycles. The van der Waals surface area contributed by atoms with E-state index in [-0.39, 0.29) is 18.1 Å². The molecule has 6 heteroatoms. The molecule has 0 bridgehead atoms. The molecule has 2 aliphatic heterocycles. The average molecular weight is 355 g/mol. The van der Waals surface area contributed by atoms with Gasteiger partial charge in [0.1, 0.15) is 5.60 Å². The largest absolute Gasteiger partial charge is 0.444 e. The number of hydrogen-bond acceptors (Lipinski definition) is 4. The molecule has 1 amide bonds. The van der Waals surface area contributed by atoms with Gasteiger partial charge in [-0.15, -0.1) is 0 Å². The number of aliphatic hydroxyl groups excluding tert-OH is 1. The predicted octanol–water partition coefficient (Wildman–Crippen LogP) is 3.07. The quantitative estimate of drug-likeness (QED) is 0.919. The second-order valence-electron chi connectivity index (χ2n) is 8.27. The smallest absolute Gasteiger partial charge is 0.410 e. The summed E-state index contributed by atoms with van der Waals surface area (Å²) in [6.07, 6.45) is 3.50. The van der Waals surface area contributed by atoms with Crippen LogP contribution in [0.1, 0.15) is 38.8 Å². The normalized spacial score (nSPS) is 20.3. The molecule has 1 N–H and O–H groups in total. The van der Waals surface area contributed by atoms with E-state index in [2.05, 4.69) is 21.7 Å². The molecule has 2 atom stereocenters. The Labute approximate surface area is 153 Å². The van der Waals surface area contributed by atoms with E-state index in [9.17, 15) is 9.90 Å². The number of nitrogens with zero attached hydrogens (tertiary/aromatic N) is 3. The fourth-order valence-electron chi connectivity index (χ4n) is 3.93. The van der Waals surface area contributed by atoms with Crippen LogP contribution in [0.5, 0.6) is 0 Å². The van der Waals surface area contributed by atoms with E-state index in [0.717, 1.165) is 16.8 Å². The van der Waals surface area contributed by atoms with Gasteiger partial charge in [0.05, 0.1) is 30.4 Å². The van der Waals surface area contributed by atoms with Crippen LogP contribution in [0, 0.1) is 5.92 Å². The zero-order valence-electron chi connectivity index (χ0n) is 15.4. The molecule has 1 saturated heterocycles. The molecule has 2 unspecified atom stereocenters. The van der Waals surface area contributed by atoms with Gasteiger partial charge >= 0.3 is 6.09 Å². The minimum absolute atomic E-state index is 0.112. The number of fused-ring (bicyclic) bond motifs is 3. The molecule has 1 fully saturated rings. The summed E-state index contributed by atoms with van der Waals surface area (Å²) in [5, 5.41) is 10.9. The van der Waals surface area contributed by atoms with E-state index in [4.69, 9.17) is 4.74 Å². The van der Waals surface area contributed by atoms with Gasteiger partial charge in [-0.1, -0.05) is 24.3 Å². The van der Waals surface area contributed by atoms with Crippen LogP contribution in [0.15, 0.2) is 36.8 Å². The fourth-order valence-corrected chi connectivity index (χ4v) is 3.93. The van der Waals surface area contributed by atoms with Gasteiger partial charge in [-0.3, -0.25) is 0 Å². The van der Waals surface area contributed by atoms with Gasteiger partial charge < -0.3 is 19.3 Å². The summed E-state index contributed by atoms with van der Waals surface area (Å²) in [7, 11) is 0. The second kappa shape index (κ2) is 6.13. The van der Waals surface area contributed by atoms with Gasteiger partial charge in [-0.25, -0.2) is 9.78 Å². The summed E-state index contributed by atoms with van der Waals surface area (Å²) in [6, 6.07) is 8.05. The van der Waals surface area contributed by atoms with Crippen molar-refractivity contribution in [1.29, 1.82) is 0 Å². The van der Waals surface area contributed by atoms with Crippen LogP contribution in [0.2, 0.25) is 0 Å². The van der Waals surface area contributed by atoms with Crippen molar-refractivity contribution in [3.05, 3.63) is 42.4 Å². The Kier molecular flexibility index (Phi) is 4.03. The average Bonchev–Trinajstić information content (AvgIpc) is 3.08. The Morgan fingerprint density at radius 1 is 1.35 bits per heavy atom. The van der Waals surface area contributed by atoms with E-state index in [0.29, 0.717) is 19.5 Å². The standard InChI is InChI=1S/C20H25N3O3/c1-20(2,3)26-19(25)22-10-13(11-22)8-17(24)18-15-7-5-4-6-14(15)16-9-21-12-23(16)18/h4-7,9,12-13,17-18,24H,8,10-11H2,1-3H3. The monoisotopic (exact) mass is 355 g/mol. The van der Waals surface area contributed by atoms with Gasteiger partial charge in [0.2, 0.25) is 0 Å². The van der Waals surface area contributed by atoms with Crippen molar-refractivity contribution in [2.24, 2.45) is 5.92 Å². The van der Waals surface area contributed by atoms with Gasteiger partial charge in [0, 0.05) is 18.7 Å². The number of carbonyl (C=O) groups excluding carboxylic acids is 1. The maximum Gasteiger partial charge on any atom is 0.410 e. The first-order valence-electron chi connectivity index (χ1n) is 9.10. The van der Waals surface area contributed by atoms with Gasteiger partial charge in [0.25, 0.3) is 0 Å². The molecule has 2 aromatic rings. The lowest BCUT2D eigenvalue weighted by molar-refractivity contribution is -0.0123. The second-order valence-corrected chi connectivity index (χ2v) is 8.27. The number of amides is 1. The van der Waals surface area contributed by atoms with Crippen molar-refractivity contribution in [1.82, 2.24) is 14.5 Å². The maximum atomic E-state index is 12.0. The summed E-state index contributed by atoms with van der Waals surface area (Å²) < 4.78 is 7.44. The van der Waals surface area contributed by atoms with Crippen LogP contribution < -0.4 is 0 Å². The summed E-state index contributed by atoms with van der Waals surface area (Å²) in [5.41, 5.74) is 2.85. The third-order valence-corrected chi connectivity index (χ3v) is 5.07. The first-order chi connectivity index (χ1) is 12.3. The van der Waals surface area contributed by atoms with Crippen LogP contribution in [0.3, 0.4) is 0 Å². The van der Waals surface area contributed by atoms with E-state index in [1.165, 1.54) is 0 Å². The number of ether oxygens (including phenoxy) is 1. The fraction of sp³-hybridized carbons (Fsp3) is 0.500. The zero-order valence-corrected chi connectivity index (χ0v) is 15.4. The van der Waals surface area contributed by atoms with Crippen molar-refractivity contribution >= 4 is 6.09 Å². The predicted molar refractivity (Wildman–Crippen MR) is 97.7 cm³/mol. The Bertz CT molecular complexity index is 818.